The van der Waals surface area contributed by atoms with Crippen LogP contribution in [0.1, 0.15) is 30.1 Å². The number of piperidine rings is 1. The van der Waals surface area contributed by atoms with Crippen molar-refractivity contribution in [3.63, 3.8) is 0 Å². The van der Waals surface area contributed by atoms with Gasteiger partial charge in [0.2, 0.25) is 0 Å². The number of nitrogens with one attached hydrogen (secondary N) is 1. The van der Waals surface area contributed by atoms with E-state index in [9.17, 15) is 9.18 Å². The summed E-state index contributed by atoms with van der Waals surface area (Å²) in [6.45, 7) is 3.51. The molecule has 3 nitrogen and oxygen atoms in total. The molecule has 1 aliphatic heterocycles. The molecule has 19 heavy (non-hydrogen) atoms. The van der Waals surface area contributed by atoms with Crippen molar-refractivity contribution < 1.29 is 9.18 Å². The number of likely N-dealkylation sites (tertiary alicyclic amines) is 1. The van der Waals surface area contributed by atoms with E-state index in [2.05, 4.69) is 12.2 Å². The van der Waals surface area contributed by atoms with E-state index in [0.29, 0.717) is 18.7 Å². The van der Waals surface area contributed by atoms with E-state index in [1.807, 2.05) is 7.05 Å². The highest BCUT2D eigenvalue weighted by atomic mass is 35.5. The molecular formula is C14H18ClFN2O. The van der Waals surface area contributed by atoms with Gasteiger partial charge in [0.05, 0.1) is 5.02 Å². The number of halogens is 2. The predicted molar refractivity (Wildman–Crippen MR) is 74.0 cm³/mol. The van der Waals surface area contributed by atoms with Crippen molar-refractivity contribution in [3.8, 4) is 0 Å². The molecule has 2 rings (SSSR count). The third-order valence-corrected chi connectivity index (χ3v) is 4.23. The van der Waals surface area contributed by atoms with Crippen LogP contribution in [-0.4, -0.2) is 36.5 Å². The molecule has 1 aliphatic rings. The summed E-state index contributed by atoms with van der Waals surface area (Å²) in [5, 5.41) is 3.32. The first-order chi connectivity index (χ1) is 8.95. The Kier molecular flexibility index (Phi) is 4.11. The fourth-order valence-electron chi connectivity index (χ4n) is 2.27. The average Bonchev–Trinajstić information content (AvgIpc) is 2.42. The van der Waals surface area contributed by atoms with E-state index in [1.165, 1.54) is 12.1 Å². The molecule has 5 heteroatoms. The van der Waals surface area contributed by atoms with E-state index in [0.717, 1.165) is 12.8 Å². The fourth-order valence-corrected chi connectivity index (χ4v) is 2.38. The number of benzene rings is 1. The zero-order valence-corrected chi connectivity index (χ0v) is 11.9. The van der Waals surface area contributed by atoms with E-state index < -0.39 is 5.82 Å². The first kappa shape index (κ1) is 14.3. The first-order valence-electron chi connectivity index (χ1n) is 6.38. The van der Waals surface area contributed by atoms with Gasteiger partial charge in [0, 0.05) is 24.2 Å². The lowest BCUT2D eigenvalue weighted by atomic mass is 9.89. The highest BCUT2D eigenvalue weighted by Gasteiger charge is 2.30. The van der Waals surface area contributed by atoms with Crippen LogP contribution in [0, 0.1) is 5.82 Å². The largest absolute Gasteiger partial charge is 0.339 e. The van der Waals surface area contributed by atoms with Gasteiger partial charge in [-0.15, -0.1) is 0 Å². The Balaban J connectivity index is 2.07. The van der Waals surface area contributed by atoms with Crippen molar-refractivity contribution in [2.75, 3.05) is 20.1 Å². The number of amides is 1. The van der Waals surface area contributed by atoms with Crippen molar-refractivity contribution in [2.45, 2.75) is 25.3 Å². The van der Waals surface area contributed by atoms with Crippen LogP contribution in [0.3, 0.4) is 0 Å². The highest BCUT2D eigenvalue weighted by molar-refractivity contribution is 6.30. The third kappa shape index (κ3) is 3.07. The van der Waals surface area contributed by atoms with E-state index in [-0.39, 0.29) is 16.5 Å². The predicted octanol–water partition coefficient (Wildman–Crippen LogP) is 2.69. The molecule has 1 aromatic rings. The Morgan fingerprint density at radius 3 is 2.58 bits per heavy atom. The number of nitrogens with zero attached hydrogens (tertiary/aromatic N) is 1. The summed E-state index contributed by atoms with van der Waals surface area (Å²) in [6, 6.07) is 4.20. The molecule has 0 spiro atoms. The first-order valence-corrected chi connectivity index (χ1v) is 6.76. The third-order valence-electron chi connectivity index (χ3n) is 3.92. The van der Waals surface area contributed by atoms with Gasteiger partial charge in [0.25, 0.3) is 5.91 Å². The van der Waals surface area contributed by atoms with Gasteiger partial charge in [0.15, 0.2) is 0 Å². The van der Waals surface area contributed by atoms with Crippen LogP contribution in [0.5, 0.6) is 0 Å². The summed E-state index contributed by atoms with van der Waals surface area (Å²) in [4.78, 5) is 14.0. The maximum absolute atomic E-state index is 13.4. The lowest BCUT2D eigenvalue weighted by molar-refractivity contribution is 0.0661. The Labute approximate surface area is 117 Å². The maximum Gasteiger partial charge on any atom is 0.253 e. The molecule has 1 amide bonds. The number of carbonyl (C=O) groups is 1. The van der Waals surface area contributed by atoms with Crippen LogP contribution in [0.4, 0.5) is 4.39 Å². The number of hydrogen-bond donors (Lipinski definition) is 1. The SMILES string of the molecule is CNC1(C)CCN(C(=O)c2ccc(Cl)c(F)c2)CC1. The lowest BCUT2D eigenvalue weighted by Crippen LogP contribution is -2.51. The van der Waals surface area contributed by atoms with Crippen LogP contribution < -0.4 is 5.32 Å². The number of hydrogen-bond acceptors (Lipinski definition) is 2. The molecule has 0 bridgehead atoms. The standard InChI is InChI=1S/C14H18ClFN2O/c1-14(17-2)5-7-18(8-6-14)13(19)10-3-4-11(15)12(16)9-10/h3-4,9,17H,5-8H2,1-2H3. The highest BCUT2D eigenvalue weighted by Crippen LogP contribution is 2.23. The number of rotatable bonds is 2. The molecule has 1 N–H and O–H groups in total. The van der Waals surface area contributed by atoms with Crippen LogP contribution >= 0.6 is 11.6 Å². The molecule has 1 heterocycles. The maximum atomic E-state index is 13.4. The van der Waals surface area contributed by atoms with Gasteiger partial charge >= 0.3 is 0 Å². The second-order valence-electron chi connectivity index (χ2n) is 5.23. The van der Waals surface area contributed by atoms with Gasteiger partial charge in [0.1, 0.15) is 5.82 Å². The molecule has 0 aliphatic carbocycles. The average molecular weight is 285 g/mol. The topological polar surface area (TPSA) is 32.3 Å². The van der Waals surface area contributed by atoms with Crippen LogP contribution in [0.15, 0.2) is 18.2 Å². The summed E-state index contributed by atoms with van der Waals surface area (Å²) in [7, 11) is 1.94. The Hall–Kier alpha value is -1.13. The van der Waals surface area contributed by atoms with Crippen LogP contribution in [0.25, 0.3) is 0 Å². The second kappa shape index (κ2) is 5.47. The summed E-state index contributed by atoms with van der Waals surface area (Å²) in [5.41, 5.74) is 0.442. The minimum atomic E-state index is -0.551. The van der Waals surface area contributed by atoms with Crippen molar-refractivity contribution in [3.05, 3.63) is 34.6 Å². The quantitative estimate of drug-likeness (QED) is 0.906. The van der Waals surface area contributed by atoms with Crippen molar-refractivity contribution in [1.82, 2.24) is 10.2 Å². The summed E-state index contributed by atoms with van der Waals surface area (Å²) in [5.74, 6) is -0.682. The summed E-state index contributed by atoms with van der Waals surface area (Å²) >= 11 is 5.62. The molecule has 0 atom stereocenters. The zero-order chi connectivity index (χ0) is 14.0. The molecule has 0 saturated carbocycles. The molecule has 0 radical (unpaired) electrons. The van der Waals surface area contributed by atoms with Crippen LogP contribution in [0.2, 0.25) is 5.02 Å². The normalized spacial score (nSPS) is 18.4. The number of carbonyl (C=O) groups excluding carboxylic acids is 1. The summed E-state index contributed by atoms with van der Waals surface area (Å²) < 4.78 is 13.4. The molecule has 1 fully saturated rings. The van der Waals surface area contributed by atoms with Gasteiger partial charge in [-0.1, -0.05) is 11.6 Å². The van der Waals surface area contributed by atoms with Crippen LogP contribution in [-0.2, 0) is 0 Å². The molecule has 1 saturated heterocycles. The molecule has 104 valence electrons. The molecule has 0 aromatic heterocycles. The van der Waals surface area contributed by atoms with Gasteiger partial charge in [-0.2, -0.15) is 0 Å². The van der Waals surface area contributed by atoms with Gasteiger partial charge in [-0.25, -0.2) is 4.39 Å². The monoisotopic (exact) mass is 284 g/mol. The van der Waals surface area contributed by atoms with Gasteiger partial charge in [-0.05, 0) is 45.0 Å². The lowest BCUT2D eigenvalue weighted by Gasteiger charge is -2.39. The van der Waals surface area contributed by atoms with E-state index in [4.69, 9.17) is 11.6 Å². The smallest absolute Gasteiger partial charge is 0.253 e. The molecule has 0 unspecified atom stereocenters. The molecule has 1 aromatic carbocycles. The van der Waals surface area contributed by atoms with Crippen molar-refractivity contribution in [1.29, 1.82) is 0 Å². The van der Waals surface area contributed by atoms with Gasteiger partial charge in [-0.3, -0.25) is 4.79 Å². The second-order valence-corrected chi connectivity index (χ2v) is 5.64. The minimum Gasteiger partial charge on any atom is -0.339 e. The molecular weight excluding hydrogens is 267 g/mol. The fraction of sp³-hybridized carbons (Fsp3) is 0.500. The Bertz CT molecular complexity index is 484. The van der Waals surface area contributed by atoms with E-state index >= 15 is 0 Å². The Morgan fingerprint density at radius 1 is 1.42 bits per heavy atom. The summed E-state index contributed by atoms with van der Waals surface area (Å²) in [6.07, 6.45) is 1.79. The Morgan fingerprint density at radius 2 is 2.05 bits per heavy atom. The van der Waals surface area contributed by atoms with Gasteiger partial charge < -0.3 is 10.2 Å². The van der Waals surface area contributed by atoms with Crippen molar-refractivity contribution >= 4 is 17.5 Å². The van der Waals surface area contributed by atoms with Crippen molar-refractivity contribution in [2.24, 2.45) is 0 Å². The zero-order valence-electron chi connectivity index (χ0n) is 11.2. The van der Waals surface area contributed by atoms with E-state index in [1.54, 1.807) is 11.0 Å². The minimum absolute atomic E-state index is 0.0398.